The Morgan fingerprint density at radius 3 is 2.94 bits per heavy atom. The van der Waals surface area contributed by atoms with E-state index in [2.05, 4.69) is 31.4 Å². The number of hydrogen-bond donors (Lipinski definition) is 1. The molecule has 1 aliphatic heterocycles. The molecule has 1 fully saturated rings. The number of rotatable bonds is 4. The Morgan fingerprint density at radius 2 is 2.29 bits per heavy atom. The fraction of sp³-hybridized carbons (Fsp3) is 0.769. The summed E-state index contributed by atoms with van der Waals surface area (Å²) >= 11 is 6.27. The molecule has 0 radical (unpaired) electrons. The van der Waals surface area contributed by atoms with E-state index in [1.807, 2.05) is 11.3 Å². The van der Waals surface area contributed by atoms with E-state index in [0.29, 0.717) is 6.04 Å². The van der Waals surface area contributed by atoms with Crippen LogP contribution in [0.25, 0.3) is 0 Å². The maximum absolute atomic E-state index is 4.84. The zero-order chi connectivity index (χ0) is 12.3. The van der Waals surface area contributed by atoms with Crippen molar-refractivity contribution in [3.63, 3.8) is 0 Å². The molecular weight excluding hydrogens is 248 g/mol. The fourth-order valence-electron chi connectivity index (χ4n) is 2.43. The molecule has 1 unspecified atom stereocenters. The maximum atomic E-state index is 4.84. The third kappa shape index (κ3) is 2.97. The molecule has 0 spiro atoms. The largest absolute Gasteiger partial charge is 0.345 e. The first-order chi connectivity index (χ1) is 8.26. The van der Waals surface area contributed by atoms with E-state index in [0.717, 1.165) is 12.2 Å². The highest BCUT2D eigenvalue weighted by Gasteiger charge is 2.22. The van der Waals surface area contributed by atoms with Gasteiger partial charge in [-0.25, -0.2) is 4.98 Å². The molecule has 2 rings (SSSR count). The van der Waals surface area contributed by atoms with Crippen LogP contribution in [0.4, 0.5) is 5.13 Å². The molecule has 2 heterocycles. The van der Waals surface area contributed by atoms with Gasteiger partial charge in [0.05, 0.1) is 5.69 Å². The van der Waals surface area contributed by atoms with E-state index in [1.165, 1.54) is 47.9 Å². The molecule has 0 saturated carbocycles. The van der Waals surface area contributed by atoms with Crippen molar-refractivity contribution >= 4 is 29.1 Å². The number of thiol groups is 1. The Kier molecular flexibility index (Phi) is 4.74. The van der Waals surface area contributed by atoms with Crippen LogP contribution in [0.3, 0.4) is 0 Å². The summed E-state index contributed by atoms with van der Waals surface area (Å²) in [6.45, 7) is 5.71. The van der Waals surface area contributed by atoms with Gasteiger partial charge in [-0.05, 0) is 32.6 Å². The minimum absolute atomic E-state index is 0.650. The van der Waals surface area contributed by atoms with Crippen LogP contribution < -0.4 is 4.90 Å². The molecule has 1 aromatic heterocycles. The molecule has 96 valence electrons. The van der Waals surface area contributed by atoms with Crippen molar-refractivity contribution < 1.29 is 0 Å². The lowest BCUT2D eigenvalue weighted by Gasteiger charge is -2.33. The van der Waals surface area contributed by atoms with Crippen molar-refractivity contribution in [2.75, 3.05) is 11.4 Å². The van der Waals surface area contributed by atoms with Gasteiger partial charge in [-0.3, -0.25) is 0 Å². The van der Waals surface area contributed by atoms with E-state index in [1.54, 1.807) is 0 Å². The van der Waals surface area contributed by atoms with Crippen molar-refractivity contribution in [3.05, 3.63) is 10.6 Å². The lowest BCUT2D eigenvalue weighted by atomic mass is 10.1. The van der Waals surface area contributed by atoms with Gasteiger partial charge in [0, 0.05) is 23.2 Å². The number of hydrogen-bond acceptors (Lipinski definition) is 4. The number of aromatic nitrogens is 1. The van der Waals surface area contributed by atoms with Crippen LogP contribution in [-0.2, 0) is 12.2 Å². The SMILES string of the molecule is CCCc1nc(N2CCCCC2C)sc1CS. The van der Waals surface area contributed by atoms with Gasteiger partial charge in [0.1, 0.15) is 0 Å². The molecule has 1 atom stereocenters. The zero-order valence-electron chi connectivity index (χ0n) is 10.8. The van der Waals surface area contributed by atoms with E-state index in [9.17, 15) is 0 Å². The average molecular weight is 270 g/mol. The number of piperidine rings is 1. The van der Waals surface area contributed by atoms with E-state index >= 15 is 0 Å². The number of thiazole rings is 1. The minimum atomic E-state index is 0.650. The maximum Gasteiger partial charge on any atom is 0.186 e. The second-order valence-electron chi connectivity index (χ2n) is 4.81. The quantitative estimate of drug-likeness (QED) is 0.835. The first-order valence-corrected chi connectivity index (χ1v) is 8.07. The van der Waals surface area contributed by atoms with Gasteiger partial charge < -0.3 is 4.90 Å². The predicted molar refractivity (Wildman–Crippen MR) is 79.5 cm³/mol. The van der Waals surface area contributed by atoms with Crippen molar-refractivity contribution in [1.82, 2.24) is 4.98 Å². The van der Waals surface area contributed by atoms with Crippen molar-refractivity contribution in [2.45, 2.75) is 57.7 Å². The second kappa shape index (κ2) is 6.10. The Bertz CT molecular complexity index is 362. The first-order valence-electron chi connectivity index (χ1n) is 6.62. The third-order valence-corrected chi connectivity index (χ3v) is 5.11. The molecule has 0 amide bonds. The standard InChI is InChI=1S/C13H22N2S2/c1-3-6-11-12(9-16)17-13(14-11)15-8-5-4-7-10(15)2/h10,16H,3-9H2,1-2H3. The van der Waals surface area contributed by atoms with E-state index < -0.39 is 0 Å². The molecule has 1 aliphatic rings. The third-order valence-electron chi connectivity index (χ3n) is 3.45. The number of aryl methyl sites for hydroxylation is 1. The van der Waals surface area contributed by atoms with E-state index in [-0.39, 0.29) is 0 Å². The fourth-order valence-corrected chi connectivity index (χ4v) is 3.90. The summed E-state index contributed by atoms with van der Waals surface area (Å²) in [5.74, 6) is 0.829. The van der Waals surface area contributed by atoms with Gasteiger partial charge in [-0.2, -0.15) is 12.6 Å². The highest BCUT2D eigenvalue weighted by atomic mass is 32.1. The summed E-state index contributed by atoms with van der Waals surface area (Å²) in [6, 6.07) is 0.650. The van der Waals surface area contributed by atoms with Crippen LogP contribution in [0.2, 0.25) is 0 Å². The molecular formula is C13H22N2S2. The lowest BCUT2D eigenvalue weighted by Crippen LogP contribution is -2.37. The zero-order valence-corrected chi connectivity index (χ0v) is 12.5. The summed E-state index contributed by atoms with van der Waals surface area (Å²) in [6.07, 6.45) is 6.24. The number of nitrogens with zero attached hydrogens (tertiary/aromatic N) is 2. The molecule has 2 nitrogen and oxygen atoms in total. The highest BCUT2D eigenvalue weighted by Crippen LogP contribution is 2.32. The predicted octanol–water partition coefficient (Wildman–Crippen LogP) is 3.90. The van der Waals surface area contributed by atoms with Gasteiger partial charge in [0.2, 0.25) is 0 Å². The molecule has 0 bridgehead atoms. The summed E-state index contributed by atoms with van der Waals surface area (Å²) in [4.78, 5) is 8.69. The van der Waals surface area contributed by atoms with Crippen molar-refractivity contribution in [3.8, 4) is 0 Å². The minimum Gasteiger partial charge on any atom is -0.345 e. The van der Waals surface area contributed by atoms with Gasteiger partial charge >= 0.3 is 0 Å². The Balaban J connectivity index is 2.19. The van der Waals surface area contributed by atoms with Gasteiger partial charge in [-0.1, -0.05) is 13.3 Å². The van der Waals surface area contributed by atoms with Crippen LogP contribution in [-0.4, -0.2) is 17.6 Å². The first kappa shape index (κ1) is 13.2. The number of anilines is 1. The second-order valence-corrected chi connectivity index (χ2v) is 6.19. The Hall–Kier alpha value is -0.220. The van der Waals surface area contributed by atoms with Crippen molar-refractivity contribution in [2.24, 2.45) is 0 Å². The summed E-state index contributed by atoms with van der Waals surface area (Å²) in [5, 5.41) is 1.23. The van der Waals surface area contributed by atoms with Crippen LogP contribution in [0.15, 0.2) is 0 Å². The normalized spacial score (nSPS) is 20.9. The summed E-state index contributed by atoms with van der Waals surface area (Å²) in [5.41, 5.74) is 1.28. The molecule has 4 heteroatoms. The average Bonchev–Trinajstić information content (AvgIpc) is 2.73. The van der Waals surface area contributed by atoms with Crippen molar-refractivity contribution in [1.29, 1.82) is 0 Å². The van der Waals surface area contributed by atoms with Crippen LogP contribution in [0.1, 0.15) is 50.1 Å². The monoisotopic (exact) mass is 270 g/mol. The lowest BCUT2D eigenvalue weighted by molar-refractivity contribution is 0.484. The molecule has 0 N–H and O–H groups in total. The highest BCUT2D eigenvalue weighted by molar-refractivity contribution is 7.79. The van der Waals surface area contributed by atoms with Gasteiger partial charge in [0.15, 0.2) is 5.13 Å². The summed E-state index contributed by atoms with van der Waals surface area (Å²) in [7, 11) is 0. The molecule has 0 aromatic carbocycles. The van der Waals surface area contributed by atoms with Crippen LogP contribution >= 0.6 is 24.0 Å². The smallest absolute Gasteiger partial charge is 0.186 e. The Morgan fingerprint density at radius 1 is 1.47 bits per heavy atom. The Labute approximate surface area is 114 Å². The summed E-state index contributed by atoms with van der Waals surface area (Å²) < 4.78 is 0. The molecule has 0 aliphatic carbocycles. The van der Waals surface area contributed by atoms with E-state index in [4.69, 9.17) is 4.98 Å². The topological polar surface area (TPSA) is 16.1 Å². The molecule has 1 aromatic rings. The van der Waals surface area contributed by atoms with Gasteiger partial charge in [0.25, 0.3) is 0 Å². The molecule has 1 saturated heterocycles. The van der Waals surface area contributed by atoms with Crippen LogP contribution in [0, 0.1) is 0 Å². The molecule has 17 heavy (non-hydrogen) atoms. The van der Waals surface area contributed by atoms with Crippen LogP contribution in [0.5, 0.6) is 0 Å². The van der Waals surface area contributed by atoms with Gasteiger partial charge in [-0.15, -0.1) is 11.3 Å².